The third-order valence-electron chi connectivity index (χ3n) is 4.06. The van der Waals surface area contributed by atoms with Gasteiger partial charge in [-0.1, -0.05) is 22.0 Å². The maximum absolute atomic E-state index is 3.71. The minimum Gasteiger partial charge on any atom is -0.367 e. The van der Waals surface area contributed by atoms with Crippen LogP contribution in [-0.4, -0.2) is 13.6 Å². The molecule has 20 heavy (non-hydrogen) atoms. The molecule has 0 spiro atoms. The SMILES string of the molecule is CNC(C)c1ccc(N2CCc3sccc3C2)cc1Br. The molecule has 3 rings (SSSR count). The molecule has 1 unspecified atom stereocenters. The Kier molecular flexibility index (Phi) is 4.15. The largest absolute Gasteiger partial charge is 0.367 e. The zero-order valence-electron chi connectivity index (χ0n) is 11.8. The first-order valence-electron chi connectivity index (χ1n) is 6.96. The van der Waals surface area contributed by atoms with Gasteiger partial charge in [0.1, 0.15) is 0 Å². The molecule has 0 fully saturated rings. The molecular formula is C16H19BrN2S. The monoisotopic (exact) mass is 350 g/mol. The van der Waals surface area contributed by atoms with Crippen LogP contribution in [0.5, 0.6) is 0 Å². The van der Waals surface area contributed by atoms with Gasteiger partial charge in [-0.05, 0) is 55.1 Å². The highest BCUT2D eigenvalue weighted by atomic mass is 79.9. The summed E-state index contributed by atoms with van der Waals surface area (Å²) >= 11 is 5.61. The Balaban J connectivity index is 1.84. The minimum absolute atomic E-state index is 0.364. The first-order valence-corrected chi connectivity index (χ1v) is 8.63. The summed E-state index contributed by atoms with van der Waals surface area (Å²) < 4.78 is 1.19. The van der Waals surface area contributed by atoms with E-state index in [1.807, 2.05) is 18.4 Å². The van der Waals surface area contributed by atoms with Crippen molar-refractivity contribution < 1.29 is 0 Å². The Morgan fingerprint density at radius 2 is 2.20 bits per heavy atom. The lowest BCUT2D eigenvalue weighted by Crippen LogP contribution is -2.29. The Morgan fingerprint density at radius 1 is 1.35 bits per heavy atom. The highest BCUT2D eigenvalue weighted by Gasteiger charge is 2.18. The molecule has 0 saturated carbocycles. The number of fused-ring (bicyclic) bond motifs is 1. The molecule has 2 aromatic rings. The predicted molar refractivity (Wildman–Crippen MR) is 90.7 cm³/mol. The first-order chi connectivity index (χ1) is 9.69. The summed E-state index contributed by atoms with van der Waals surface area (Å²) in [5, 5.41) is 5.50. The van der Waals surface area contributed by atoms with Gasteiger partial charge < -0.3 is 10.2 Å². The van der Waals surface area contributed by atoms with E-state index >= 15 is 0 Å². The Hall–Kier alpha value is -0.840. The molecule has 0 radical (unpaired) electrons. The smallest absolute Gasteiger partial charge is 0.0440 e. The van der Waals surface area contributed by atoms with E-state index in [2.05, 4.69) is 62.7 Å². The fourth-order valence-electron chi connectivity index (χ4n) is 2.69. The summed E-state index contributed by atoms with van der Waals surface area (Å²) in [4.78, 5) is 4.02. The van der Waals surface area contributed by atoms with Crippen molar-refractivity contribution in [2.75, 3.05) is 18.5 Å². The minimum atomic E-state index is 0.364. The van der Waals surface area contributed by atoms with Crippen LogP contribution in [0.2, 0.25) is 0 Å². The van der Waals surface area contributed by atoms with Gasteiger partial charge >= 0.3 is 0 Å². The van der Waals surface area contributed by atoms with Gasteiger partial charge in [0, 0.05) is 34.2 Å². The fourth-order valence-corrected chi connectivity index (χ4v) is 4.29. The van der Waals surface area contributed by atoms with Crippen molar-refractivity contribution in [1.82, 2.24) is 5.32 Å². The molecule has 1 aliphatic heterocycles. The van der Waals surface area contributed by atoms with Gasteiger partial charge in [0.2, 0.25) is 0 Å². The lowest BCUT2D eigenvalue weighted by Gasteiger charge is -2.29. The third-order valence-corrected chi connectivity index (χ3v) is 5.77. The number of benzene rings is 1. The van der Waals surface area contributed by atoms with E-state index in [9.17, 15) is 0 Å². The average molecular weight is 351 g/mol. The molecule has 0 saturated heterocycles. The van der Waals surface area contributed by atoms with Crippen molar-refractivity contribution in [2.24, 2.45) is 0 Å². The van der Waals surface area contributed by atoms with Crippen molar-refractivity contribution in [1.29, 1.82) is 0 Å². The van der Waals surface area contributed by atoms with Gasteiger partial charge in [-0.3, -0.25) is 0 Å². The van der Waals surface area contributed by atoms with Crippen LogP contribution in [0.25, 0.3) is 0 Å². The van der Waals surface area contributed by atoms with Crippen LogP contribution < -0.4 is 10.2 Å². The molecule has 1 aromatic heterocycles. The molecule has 0 bridgehead atoms. The lowest BCUT2D eigenvalue weighted by atomic mass is 10.1. The summed E-state index contributed by atoms with van der Waals surface area (Å²) in [6.07, 6.45) is 1.17. The van der Waals surface area contributed by atoms with Gasteiger partial charge in [0.05, 0.1) is 0 Å². The molecule has 1 atom stereocenters. The van der Waals surface area contributed by atoms with E-state index in [0.29, 0.717) is 6.04 Å². The summed E-state index contributed by atoms with van der Waals surface area (Å²) in [5.74, 6) is 0. The highest BCUT2D eigenvalue weighted by Crippen LogP contribution is 2.32. The van der Waals surface area contributed by atoms with E-state index in [1.165, 1.54) is 27.7 Å². The predicted octanol–water partition coefficient (Wildman–Crippen LogP) is 4.35. The van der Waals surface area contributed by atoms with E-state index < -0.39 is 0 Å². The van der Waals surface area contributed by atoms with Gasteiger partial charge in [-0.15, -0.1) is 11.3 Å². The highest BCUT2D eigenvalue weighted by molar-refractivity contribution is 9.10. The van der Waals surface area contributed by atoms with Crippen molar-refractivity contribution in [2.45, 2.75) is 25.9 Å². The van der Waals surface area contributed by atoms with Crippen molar-refractivity contribution in [3.63, 3.8) is 0 Å². The van der Waals surface area contributed by atoms with Crippen LogP contribution in [0, 0.1) is 0 Å². The standard InChI is InChI=1S/C16H19BrN2S/c1-11(18-2)14-4-3-13(9-15(14)17)19-7-5-16-12(10-19)6-8-20-16/h3-4,6,8-9,11,18H,5,7,10H2,1-2H3. The molecular weight excluding hydrogens is 332 g/mol. The number of rotatable bonds is 3. The maximum Gasteiger partial charge on any atom is 0.0440 e. The molecule has 106 valence electrons. The number of nitrogens with one attached hydrogen (secondary N) is 1. The van der Waals surface area contributed by atoms with Gasteiger partial charge in [-0.2, -0.15) is 0 Å². The fraction of sp³-hybridized carbons (Fsp3) is 0.375. The topological polar surface area (TPSA) is 15.3 Å². The van der Waals surface area contributed by atoms with Crippen molar-refractivity contribution in [3.8, 4) is 0 Å². The molecule has 1 aromatic carbocycles. The van der Waals surface area contributed by atoms with Gasteiger partial charge in [0.15, 0.2) is 0 Å². The van der Waals surface area contributed by atoms with Crippen molar-refractivity contribution >= 4 is 33.0 Å². The Labute approximate surface area is 132 Å². The molecule has 1 aliphatic rings. The first kappa shape index (κ1) is 14.1. The molecule has 1 N–H and O–H groups in total. The Morgan fingerprint density at radius 3 is 2.95 bits per heavy atom. The molecule has 0 aliphatic carbocycles. The van der Waals surface area contributed by atoms with Crippen LogP contribution in [0.3, 0.4) is 0 Å². The molecule has 2 heterocycles. The summed E-state index contributed by atoms with van der Waals surface area (Å²) in [7, 11) is 1.99. The lowest BCUT2D eigenvalue weighted by molar-refractivity contribution is 0.649. The third kappa shape index (κ3) is 2.65. The second-order valence-electron chi connectivity index (χ2n) is 5.26. The zero-order valence-corrected chi connectivity index (χ0v) is 14.2. The molecule has 2 nitrogen and oxygen atoms in total. The van der Waals surface area contributed by atoms with E-state index in [1.54, 1.807) is 4.88 Å². The van der Waals surface area contributed by atoms with Crippen LogP contribution in [0.15, 0.2) is 34.1 Å². The number of thiophene rings is 1. The van der Waals surface area contributed by atoms with Crippen LogP contribution in [0.4, 0.5) is 5.69 Å². The average Bonchev–Trinajstić information content (AvgIpc) is 2.93. The molecule has 4 heteroatoms. The van der Waals surface area contributed by atoms with Crippen LogP contribution >= 0.6 is 27.3 Å². The number of halogens is 1. The second-order valence-corrected chi connectivity index (χ2v) is 7.11. The second kappa shape index (κ2) is 5.88. The maximum atomic E-state index is 3.71. The number of hydrogen-bond acceptors (Lipinski definition) is 3. The summed E-state index contributed by atoms with van der Waals surface area (Å²) in [6, 6.07) is 9.34. The number of nitrogens with zero attached hydrogens (tertiary/aromatic N) is 1. The van der Waals surface area contributed by atoms with Crippen molar-refractivity contribution in [3.05, 3.63) is 50.1 Å². The molecule has 0 amide bonds. The van der Waals surface area contributed by atoms with E-state index in [0.717, 1.165) is 13.1 Å². The van der Waals surface area contributed by atoms with Crippen LogP contribution in [-0.2, 0) is 13.0 Å². The Bertz CT molecular complexity index is 608. The zero-order chi connectivity index (χ0) is 14.1. The summed E-state index contributed by atoms with van der Waals surface area (Å²) in [6.45, 7) is 4.32. The van der Waals surface area contributed by atoms with E-state index in [-0.39, 0.29) is 0 Å². The normalized spacial score (nSPS) is 16.1. The number of anilines is 1. The van der Waals surface area contributed by atoms with Crippen LogP contribution in [0.1, 0.15) is 29.0 Å². The quantitative estimate of drug-likeness (QED) is 0.884. The number of hydrogen-bond donors (Lipinski definition) is 1. The van der Waals surface area contributed by atoms with Gasteiger partial charge in [0.25, 0.3) is 0 Å². The van der Waals surface area contributed by atoms with E-state index in [4.69, 9.17) is 0 Å². The van der Waals surface area contributed by atoms with Gasteiger partial charge in [-0.25, -0.2) is 0 Å². The summed E-state index contributed by atoms with van der Waals surface area (Å²) in [5.41, 5.74) is 4.11.